The van der Waals surface area contributed by atoms with Gasteiger partial charge in [0.2, 0.25) is 0 Å². The predicted molar refractivity (Wildman–Crippen MR) is 201 cm³/mol. The SMILES string of the molecule is CC(C)C1=C2[C@H]3CC[C@@H]4[C@@]5(C)CC[C@H](OC(=O)CC(C)(C)C(=O)O)C6(C)C[C@]65CC[C@@]4(C)[C@]3(C)CC[C@@]2(CCNCc2cccc(Cl)c2F)CC1=O. The predicted octanol–water partition coefficient (Wildman–Crippen LogP) is 10.1. The summed E-state index contributed by atoms with van der Waals surface area (Å²) in [5.74, 6) is -0.303. The molecule has 0 radical (unpaired) electrons. The number of carbonyl (C=O) groups excluding carboxylic acids is 2. The van der Waals surface area contributed by atoms with Crippen LogP contribution in [0, 0.1) is 61.5 Å². The Hall–Kier alpha value is -2.25. The van der Waals surface area contributed by atoms with Crippen LogP contribution in [0.2, 0.25) is 5.02 Å². The molecule has 7 rings (SSSR count). The third kappa shape index (κ3) is 5.19. The fourth-order valence-corrected chi connectivity index (χ4v) is 14.1. The molecule has 0 aliphatic heterocycles. The van der Waals surface area contributed by atoms with E-state index in [1.165, 1.54) is 5.57 Å². The highest BCUT2D eigenvalue weighted by Crippen LogP contribution is 2.87. The summed E-state index contributed by atoms with van der Waals surface area (Å²) in [5.41, 5.74) is 2.19. The van der Waals surface area contributed by atoms with Crippen molar-refractivity contribution in [3.63, 3.8) is 0 Å². The molecule has 2 N–H and O–H groups in total. The summed E-state index contributed by atoms with van der Waals surface area (Å²) in [7, 11) is 0. The molecule has 5 fully saturated rings. The second-order valence-electron chi connectivity index (χ2n) is 20.0. The highest BCUT2D eigenvalue weighted by atomic mass is 35.5. The number of carbonyl (C=O) groups is 3. The summed E-state index contributed by atoms with van der Waals surface area (Å²) in [5, 5.41) is 13.3. The molecule has 286 valence electrons. The average molecular weight is 738 g/mol. The smallest absolute Gasteiger partial charge is 0.309 e. The van der Waals surface area contributed by atoms with Crippen LogP contribution in [0.15, 0.2) is 29.3 Å². The van der Waals surface area contributed by atoms with Gasteiger partial charge in [0.15, 0.2) is 5.78 Å². The van der Waals surface area contributed by atoms with E-state index in [4.69, 9.17) is 16.3 Å². The van der Waals surface area contributed by atoms with E-state index in [2.05, 4.69) is 46.9 Å². The molecular weight excluding hydrogens is 677 g/mol. The Kier molecular flexibility index (Phi) is 9.06. The normalized spacial score (nSPS) is 40.8. The lowest BCUT2D eigenvalue weighted by atomic mass is 9.33. The Morgan fingerprint density at radius 1 is 1.00 bits per heavy atom. The first-order chi connectivity index (χ1) is 24.2. The Labute approximate surface area is 315 Å². The number of ether oxygens (including phenoxy) is 1. The molecule has 0 amide bonds. The molecular formula is C44H61ClFNO5. The number of hydrogen-bond acceptors (Lipinski definition) is 5. The highest BCUT2D eigenvalue weighted by Gasteiger charge is 2.82. The van der Waals surface area contributed by atoms with Gasteiger partial charge in [0, 0.05) is 29.4 Å². The molecule has 52 heavy (non-hydrogen) atoms. The van der Waals surface area contributed by atoms with Crippen LogP contribution in [0.4, 0.5) is 4.39 Å². The maximum atomic E-state index is 14.7. The Balaban J connectivity index is 1.13. The number of carboxylic acid groups (broad SMARTS) is 1. The van der Waals surface area contributed by atoms with Crippen molar-refractivity contribution >= 4 is 29.3 Å². The monoisotopic (exact) mass is 737 g/mol. The molecule has 6 aliphatic carbocycles. The van der Waals surface area contributed by atoms with Gasteiger partial charge in [0.05, 0.1) is 16.9 Å². The van der Waals surface area contributed by atoms with E-state index >= 15 is 0 Å². The van der Waals surface area contributed by atoms with Crippen molar-refractivity contribution in [2.24, 2.45) is 55.7 Å². The molecule has 0 bridgehead atoms. The zero-order valence-electron chi connectivity index (χ0n) is 32.8. The van der Waals surface area contributed by atoms with Crippen molar-refractivity contribution in [2.75, 3.05) is 6.54 Å². The van der Waals surface area contributed by atoms with Crippen LogP contribution in [-0.2, 0) is 25.7 Å². The molecule has 0 heterocycles. The van der Waals surface area contributed by atoms with Crippen LogP contribution in [0.1, 0.15) is 138 Å². The topological polar surface area (TPSA) is 92.7 Å². The van der Waals surface area contributed by atoms with Gasteiger partial charge < -0.3 is 15.2 Å². The van der Waals surface area contributed by atoms with Crippen LogP contribution in [0.3, 0.4) is 0 Å². The lowest BCUT2D eigenvalue weighted by Crippen LogP contribution is -2.64. The van der Waals surface area contributed by atoms with Crippen molar-refractivity contribution in [3.05, 3.63) is 45.7 Å². The van der Waals surface area contributed by atoms with E-state index in [0.29, 0.717) is 36.1 Å². The summed E-state index contributed by atoms with van der Waals surface area (Å²) in [6.07, 6.45) is 10.7. The maximum absolute atomic E-state index is 14.7. The van der Waals surface area contributed by atoms with Crippen LogP contribution in [-0.4, -0.2) is 35.5 Å². The largest absolute Gasteiger partial charge is 0.481 e. The fourth-order valence-electron chi connectivity index (χ4n) is 13.9. The third-order valence-electron chi connectivity index (χ3n) is 17.1. The highest BCUT2D eigenvalue weighted by molar-refractivity contribution is 6.30. The number of rotatable bonds is 10. The first-order valence-electron chi connectivity index (χ1n) is 20.1. The lowest BCUT2D eigenvalue weighted by molar-refractivity contribution is -0.218. The van der Waals surface area contributed by atoms with Crippen LogP contribution >= 0.6 is 11.6 Å². The van der Waals surface area contributed by atoms with Gasteiger partial charge in [-0.05, 0) is 136 Å². The number of esters is 1. The minimum absolute atomic E-state index is 0.0680. The summed E-state index contributed by atoms with van der Waals surface area (Å²) >= 11 is 6.05. The van der Waals surface area contributed by atoms with E-state index in [9.17, 15) is 23.9 Å². The van der Waals surface area contributed by atoms with Gasteiger partial charge in [0.1, 0.15) is 11.9 Å². The second-order valence-corrected chi connectivity index (χ2v) is 20.4. The van der Waals surface area contributed by atoms with Gasteiger partial charge in [-0.1, -0.05) is 70.8 Å². The van der Waals surface area contributed by atoms with Crippen LogP contribution < -0.4 is 5.32 Å². The number of ketones is 1. The van der Waals surface area contributed by atoms with E-state index in [-0.39, 0.29) is 61.8 Å². The third-order valence-corrected chi connectivity index (χ3v) is 17.4. The second kappa shape index (κ2) is 12.4. The summed E-state index contributed by atoms with van der Waals surface area (Å²) < 4.78 is 20.9. The van der Waals surface area contributed by atoms with Gasteiger partial charge in [-0.25, -0.2) is 4.39 Å². The Morgan fingerprint density at radius 2 is 1.71 bits per heavy atom. The minimum atomic E-state index is -1.15. The molecule has 8 heteroatoms. The zero-order chi connectivity index (χ0) is 37.9. The average Bonchev–Trinajstić information content (AvgIpc) is 3.59. The van der Waals surface area contributed by atoms with E-state index in [1.807, 2.05) is 0 Å². The number of nitrogens with one attached hydrogen (secondary N) is 1. The van der Waals surface area contributed by atoms with Crippen molar-refractivity contribution < 1.29 is 28.6 Å². The van der Waals surface area contributed by atoms with Crippen molar-refractivity contribution in [1.82, 2.24) is 5.32 Å². The van der Waals surface area contributed by atoms with Gasteiger partial charge in [-0.2, -0.15) is 0 Å². The zero-order valence-corrected chi connectivity index (χ0v) is 33.5. The van der Waals surface area contributed by atoms with Gasteiger partial charge >= 0.3 is 11.9 Å². The maximum Gasteiger partial charge on any atom is 0.309 e. The van der Waals surface area contributed by atoms with E-state index in [0.717, 1.165) is 76.3 Å². The lowest BCUT2D eigenvalue weighted by Gasteiger charge is -2.71. The molecule has 0 saturated heterocycles. The number of halogens is 2. The number of Topliss-reactive ketones (excluding diaryl/α,β-unsaturated/α-hetero) is 1. The number of hydrogen-bond donors (Lipinski definition) is 2. The van der Waals surface area contributed by atoms with E-state index in [1.54, 1.807) is 32.0 Å². The molecule has 0 aromatic heterocycles. The quantitative estimate of drug-likeness (QED) is 0.183. The summed E-state index contributed by atoms with van der Waals surface area (Å²) in [6.45, 7) is 18.8. The number of fused-ring (bicyclic) bond motifs is 6. The Bertz CT molecular complexity index is 1720. The van der Waals surface area contributed by atoms with Gasteiger partial charge in [-0.15, -0.1) is 0 Å². The molecule has 1 aromatic rings. The first-order valence-corrected chi connectivity index (χ1v) is 20.4. The molecule has 6 nitrogen and oxygen atoms in total. The molecule has 5 saturated carbocycles. The van der Waals surface area contributed by atoms with Crippen molar-refractivity contribution in [1.29, 1.82) is 0 Å². The standard InChI is InChI=1S/C44H61ClFNO5/c1-26(2)34-30(48)22-43(20-21-47-24-27-10-9-11-29(45)36(27)46)18-16-39(5)28(35(34)43)12-13-31-40(39,6)17-19-44-25-42(44,8)32(14-15-41(31,44)7)52-33(49)23-38(3,4)37(50)51/h9-11,26,28,31-32,47H,12-25H2,1-8H3,(H,50,51)/t28-,31+,32+,39-,40-,41-,42?,43-,44+/m1/s1. The number of allylic oxidation sites excluding steroid dienone is 2. The van der Waals surface area contributed by atoms with Gasteiger partial charge in [0.25, 0.3) is 0 Å². The summed E-state index contributed by atoms with van der Waals surface area (Å²) in [4.78, 5) is 38.8. The Morgan fingerprint density at radius 3 is 2.40 bits per heavy atom. The molecule has 9 atom stereocenters. The summed E-state index contributed by atoms with van der Waals surface area (Å²) in [6, 6.07) is 5.14. The van der Waals surface area contributed by atoms with Crippen molar-refractivity contribution in [3.8, 4) is 0 Å². The number of aliphatic carboxylic acids is 1. The number of carboxylic acids is 1. The first kappa shape index (κ1) is 38.0. The molecule has 1 spiro atoms. The minimum Gasteiger partial charge on any atom is -0.481 e. The van der Waals surface area contributed by atoms with E-state index < -0.39 is 17.4 Å². The van der Waals surface area contributed by atoms with Gasteiger partial charge in [-0.3, -0.25) is 14.4 Å². The van der Waals surface area contributed by atoms with Crippen molar-refractivity contribution in [2.45, 2.75) is 145 Å². The molecule has 1 aromatic carbocycles. The fraction of sp³-hybridized carbons (Fsp3) is 0.750. The molecule has 1 unspecified atom stereocenters. The van der Waals surface area contributed by atoms with Crippen LogP contribution in [0.5, 0.6) is 0 Å². The van der Waals surface area contributed by atoms with Crippen LogP contribution in [0.25, 0.3) is 0 Å². The molecule has 6 aliphatic rings. The number of benzene rings is 1.